The number of carbonyl (C=O) groups excluding carboxylic acids is 1. The molecule has 3 heteroatoms. The number of aryl methyl sites for hydroxylation is 3. The summed E-state index contributed by atoms with van der Waals surface area (Å²) >= 11 is 0. The molecule has 0 saturated heterocycles. The van der Waals surface area contributed by atoms with Crippen molar-refractivity contribution in [3.63, 3.8) is 0 Å². The van der Waals surface area contributed by atoms with Crippen LogP contribution in [0.2, 0.25) is 0 Å². The van der Waals surface area contributed by atoms with E-state index in [1.807, 2.05) is 37.3 Å². The molecule has 2 aromatic carbocycles. The molecule has 130 valence electrons. The predicted octanol–water partition coefficient (Wildman–Crippen LogP) is 5.02. The van der Waals surface area contributed by atoms with Gasteiger partial charge in [0.2, 0.25) is 0 Å². The van der Waals surface area contributed by atoms with Crippen LogP contribution < -0.4 is 5.32 Å². The zero-order valence-corrected chi connectivity index (χ0v) is 15.5. The molecule has 3 aromatic rings. The summed E-state index contributed by atoms with van der Waals surface area (Å²) in [7, 11) is 0. The Morgan fingerprint density at radius 3 is 2.48 bits per heavy atom. The molecule has 3 rings (SSSR count). The second kappa shape index (κ2) is 7.14. The zero-order chi connectivity index (χ0) is 18.0. The summed E-state index contributed by atoms with van der Waals surface area (Å²) in [5.41, 5.74) is 5.38. The van der Waals surface area contributed by atoms with E-state index in [0.717, 1.165) is 35.3 Å². The lowest BCUT2D eigenvalue weighted by Gasteiger charge is -2.16. The molecule has 1 N–H and O–H groups in total. The van der Waals surface area contributed by atoms with E-state index in [-0.39, 0.29) is 11.9 Å². The molecule has 0 bridgehead atoms. The van der Waals surface area contributed by atoms with E-state index < -0.39 is 0 Å². The molecule has 0 spiro atoms. The van der Waals surface area contributed by atoms with Gasteiger partial charge in [0.1, 0.15) is 5.69 Å². The largest absolute Gasteiger partial charge is 0.344 e. The Kier molecular flexibility index (Phi) is 4.93. The first-order valence-corrected chi connectivity index (χ1v) is 9.04. The summed E-state index contributed by atoms with van der Waals surface area (Å²) in [5.74, 6) is -0.00930. The molecular weight excluding hydrogens is 308 g/mol. The highest BCUT2D eigenvalue weighted by Gasteiger charge is 2.21. The molecule has 0 saturated carbocycles. The second-order valence-electron chi connectivity index (χ2n) is 6.53. The number of amides is 1. The maximum Gasteiger partial charge on any atom is 0.268 e. The molecule has 3 nitrogen and oxygen atoms in total. The van der Waals surface area contributed by atoms with Crippen LogP contribution >= 0.6 is 0 Å². The topological polar surface area (TPSA) is 34.0 Å². The van der Waals surface area contributed by atoms with Gasteiger partial charge < -0.3 is 9.88 Å². The van der Waals surface area contributed by atoms with E-state index in [0.29, 0.717) is 0 Å². The van der Waals surface area contributed by atoms with Crippen LogP contribution in [0.4, 0.5) is 0 Å². The maximum atomic E-state index is 13.0. The monoisotopic (exact) mass is 334 g/mol. The minimum atomic E-state index is -0.0254. The van der Waals surface area contributed by atoms with E-state index in [4.69, 9.17) is 0 Å². The van der Waals surface area contributed by atoms with Crippen molar-refractivity contribution in [1.29, 1.82) is 0 Å². The number of fused-ring (bicyclic) bond motifs is 1. The maximum absolute atomic E-state index is 13.0. The fourth-order valence-electron chi connectivity index (χ4n) is 3.50. The van der Waals surface area contributed by atoms with Crippen LogP contribution in [0.1, 0.15) is 54.0 Å². The van der Waals surface area contributed by atoms with Crippen LogP contribution in [0, 0.1) is 6.92 Å². The minimum Gasteiger partial charge on any atom is -0.344 e. The van der Waals surface area contributed by atoms with E-state index >= 15 is 0 Å². The average Bonchev–Trinajstić information content (AvgIpc) is 2.93. The van der Waals surface area contributed by atoms with Crippen LogP contribution in [-0.4, -0.2) is 10.5 Å². The van der Waals surface area contributed by atoms with Crippen LogP contribution in [-0.2, 0) is 13.0 Å². The Morgan fingerprint density at radius 2 is 1.84 bits per heavy atom. The third kappa shape index (κ3) is 3.19. The van der Waals surface area contributed by atoms with E-state index in [1.54, 1.807) is 0 Å². The van der Waals surface area contributed by atoms with Gasteiger partial charge in [-0.25, -0.2) is 0 Å². The first-order valence-electron chi connectivity index (χ1n) is 9.04. The molecule has 1 heterocycles. The molecule has 1 atom stereocenters. The highest BCUT2D eigenvalue weighted by atomic mass is 16.2. The average molecular weight is 334 g/mol. The molecule has 1 amide bonds. The number of hydrogen-bond acceptors (Lipinski definition) is 1. The molecule has 0 radical (unpaired) electrons. The van der Waals surface area contributed by atoms with Gasteiger partial charge in [0.05, 0.1) is 6.04 Å². The van der Waals surface area contributed by atoms with Crippen LogP contribution in [0.25, 0.3) is 10.9 Å². The fourth-order valence-corrected chi connectivity index (χ4v) is 3.50. The summed E-state index contributed by atoms with van der Waals surface area (Å²) in [6.07, 6.45) is 0.999. The van der Waals surface area contributed by atoms with Gasteiger partial charge in [0, 0.05) is 17.4 Å². The van der Waals surface area contributed by atoms with Gasteiger partial charge in [-0.1, -0.05) is 43.3 Å². The molecular formula is C22H26N2O. The third-order valence-corrected chi connectivity index (χ3v) is 4.97. The Bertz CT molecular complexity index is 893. The SMILES string of the molecule is CCc1ccc2c(c1)c(C)c(C(=O)NC(C)c1ccccc1)n2CC. The number of benzene rings is 2. The molecule has 1 unspecified atom stereocenters. The Labute approximate surface area is 149 Å². The van der Waals surface area contributed by atoms with E-state index in [1.165, 1.54) is 10.9 Å². The number of nitrogens with zero attached hydrogens (tertiary/aromatic N) is 1. The number of hydrogen-bond donors (Lipinski definition) is 1. The minimum absolute atomic E-state index is 0.00930. The quantitative estimate of drug-likeness (QED) is 0.698. The van der Waals surface area contributed by atoms with E-state index in [9.17, 15) is 4.79 Å². The van der Waals surface area contributed by atoms with Crippen molar-refractivity contribution < 1.29 is 4.79 Å². The Balaban J connectivity index is 1.99. The van der Waals surface area contributed by atoms with Gasteiger partial charge in [-0.2, -0.15) is 0 Å². The second-order valence-corrected chi connectivity index (χ2v) is 6.53. The van der Waals surface area contributed by atoms with Crippen LogP contribution in [0.3, 0.4) is 0 Å². The van der Waals surface area contributed by atoms with E-state index in [2.05, 4.69) is 48.9 Å². The van der Waals surface area contributed by atoms with Crippen LogP contribution in [0.5, 0.6) is 0 Å². The molecule has 0 aliphatic rings. The smallest absolute Gasteiger partial charge is 0.268 e. The summed E-state index contributed by atoms with van der Waals surface area (Å²) in [5, 5.41) is 4.34. The third-order valence-electron chi connectivity index (χ3n) is 4.97. The van der Waals surface area contributed by atoms with Gasteiger partial charge in [0.15, 0.2) is 0 Å². The van der Waals surface area contributed by atoms with Crippen molar-refractivity contribution in [3.8, 4) is 0 Å². The standard InChI is InChI=1S/C22H26N2O/c1-5-17-12-13-20-19(14-17)15(3)21(24(20)6-2)22(25)23-16(4)18-10-8-7-9-11-18/h7-14,16H,5-6H2,1-4H3,(H,23,25). The molecule has 1 aromatic heterocycles. The first-order chi connectivity index (χ1) is 12.1. The van der Waals surface area contributed by atoms with Crippen LogP contribution in [0.15, 0.2) is 48.5 Å². The molecule has 0 aliphatic heterocycles. The normalized spacial score (nSPS) is 12.3. The molecule has 25 heavy (non-hydrogen) atoms. The van der Waals surface area contributed by atoms with Crippen molar-refractivity contribution in [2.75, 3.05) is 0 Å². The number of rotatable bonds is 5. The lowest BCUT2D eigenvalue weighted by molar-refractivity contribution is 0.0930. The summed E-state index contributed by atoms with van der Waals surface area (Å²) in [6, 6.07) is 16.6. The summed E-state index contributed by atoms with van der Waals surface area (Å²) in [4.78, 5) is 13.0. The summed E-state index contributed by atoms with van der Waals surface area (Å²) < 4.78 is 2.12. The van der Waals surface area contributed by atoms with Crippen molar-refractivity contribution in [2.45, 2.75) is 46.7 Å². The van der Waals surface area contributed by atoms with Gasteiger partial charge in [-0.05, 0) is 56.0 Å². The molecule has 0 fully saturated rings. The zero-order valence-electron chi connectivity index (χ0n) is 15.5. The van der Waals surface area contributed by atoms with Crippen molar-refractivity contribution in [3.05, 3.63) is 70.9 Å². The fraction of sp³-hybridized carbons (Fsp3) is 0.318. The summed E-state index contributed by atoms with van der Waals surface area (Å²) in [6.45, 7) is 9.09. The van der Waals surface area contributed by atoms with Gasteiger partial charge >= 0.3 is 0 Å². The Morgan fingerprint density at radius 1 is 1.12 bits per heavy atom. The first kappa shape index (κ1) is 17.3. The van der Waals surface area contributed by atoms with Gasteiger partial charge in [0.25, 0.3) is 5.91 Å². The van der Waals surface area contributed by atoms with Gasteiger partial charge in [-0.15, -0.1) is 0 Å². The van der Waals surface area contributed by atoms with Gasteiger partial charge in [-0.3, -0.25) is 4.79 Å². The lowest BCUT2D eigenvalue weighted by atomic mass is 10.1. The van der Waals surface area contributed by atoms with Crippen molar-refractivity contribution >= 4 is 16.8 Å². The highest BCUT2D eigenvalue weighted by molar-refractivity contribution is 6.02. The molecule has 0 aliphatic carbocycles. The van der Waals surface area contributed by atoms with Crippen molar-refractivity contribution in [1.82, 2.24) is 9.88 Å². The number of nitrogens with one attached hydrogen (secondary N) is 1. The number of aromatic nitrogens is 1. The number of carbonyl (C=O) groups is 1. The van der Waals surface area contributed by atoms with Crippen molar-refractivity contribution in [2.24, 2.45) is 0 Å². The predicted molar refractivity (Wildman–Crippen MR) is 104 cm³/mol. The Hall–Kier alpha value is -2.55. The lowest BCUT2D eigenvalue weighted by Crippen LogP contribution is -2.29. The highest BCUT2D eigenvalue weighted by Crippen LogP contribution is 2.27.